The molecule has 0 spiro atoms. The molecule has 0 radical (unpaired) electrons. The number of alkyl halides is 2. The van der Waals surface area contributed by atoms with Crippen LogP contribution in [0.5, 0.6) is 0 Å². The molecule has 0 fully saturated rings. The SMILES string of the molecule is CCC[SiH](N)C(F)F. The molecule has 0 heterocycles. The van der Waals surface area contributed by atoms with Crippen molar-refractivity contribution in [1.82, 2.24) is 0 Å². The minimum Gasteiger partial charge on any atom is -0.349 e. The van der Waals surface area contributed by atoms with Crippen molar-refractivity contribution in [2.24, 2.45) is 5.40 Å². The number of nitrogens with two attached hydrogens (primary N) is 1. The molecule has 0 aromatic rings. The first-order valence-electron chi connectivity index (χ1n) is 2.72. The Balaban J connectivity index is 3.17. The Hall–Kier alpha value is 0.0369. The summed E-state index contributed by atoms with van der Waals surface area (Å²) in [7, 11) is -2.11. The molecular weight excluding hydrogens is 128 g/mol. The van der Waals surface area contributed by atoms with Crippen LogP contribution in [0.3, 0.4) is 0 Å². The van der Waals surface area contributed by atoms with Crippen molar-refractivity contribution in [2.75, 3.05) is 0 Å². The number of rotatable bonds is 3. The fourth-order valence-corrected chi connectivity index (χ4v) is 1.38. The number of hydrogen-bond donors (Lipinski definition) is 1. The van der Waals surface area contributed by atoms with E-state index in [0.717, 1.165) is 6.42 Å². The first kappa shape index (κ1) is 8.04. The van der Waals surface area contributed by atoms with Gasteiger partial charge in [-0.1, -0.05) is 13.3 Å². The quantitative estimate of drug-likeness (QED) is 0.577. The fraction of sp³-hybridized carbons (Fsp3) is 1.00. The molecule has 50 valence electrons. The summed E-state index contributed by atoms with van der Waals surface area (Å²) in [6, 6.07) is -1.66. The second-order valence-electron chi connectivity index (χ2n) is 1.79. The van der Waals surface area contributed by atoms with Crippen molar-refractivity contribution < 1.29 is 8.78 Å². The normalized spacial score (nSPS) is 14.6. The zero-order valence-corrected chi connectivity index (χ0v) is 6.06. The van der Waals surface area contributed by atoms with Gasteiger partial charge in [-0.25, -0.2) is 8.78 Å². The van der Waals surface area contributed by atoms with E-state index in [-0.39, 0.29) is 0 Å². The van der Waals surface area contributed by atoms with Crippen LogP contribution >= 0.6 is 0 Å². The third kappa shape index (κ3) is 3.09. The third-order valence-corrected chi connectivity index (χ3v) is 2.84. The maximum atomic E-state index is 11.6. The van der Waals surface area contributed by atoms with Crippen molar-refractivity contribution >= 4 is 8.96 Å². The molecule has 8 heavy (non-hydrogen) atoms. The van der Waals surface area contributed by atoms with E-state index < -0.39 is 15.0 Å². The van der Waals surface area contributed by atoms with Gasteiger partial charge < -0.3 is 5.40 Å². The van der Waals surface area contributed by atoms with Crippen molar-refractivity contribution in [3.05, 3.63) is 0 Å². The van der Waals surface area contributed by atoms with Gasteiger partial charge in [0.1, 0.15) is 0 Å². The molecule has 0 aromatic carbocycles. The molecule has 0 saturated heterocycles. The zero-order valence-electron chi connectivity index (χ0n) is 4.90. The van der Waals surface area contributed by atoms with Crippen LogP contribution in [0, 0.1) is 0 Å². The highest BCUT2D eigenvalue weighted by Gasteiger charge is 2.15. The highest BCUT2D eigenvalue weighted by Crippen LogP contribution is 2.00. The lowest BCUT2D eigenvalue weighted by molar-refractivity contribution is 0.231. The Kier molecular flexibility index (Phi) is 3.99. The molecule has 0 saturated carbocycles. The van der Waals surface area contributed by atoms with E-state index in [1.807, 2.05) is 6.92 Å². The van der Waals surface area contributed by atoms with Crippen LogP contribution in [0.4, 0.5) is 8.78 Å². The minimum absolute atomic E-state index is 0.553. The summed E-state index contributed by atoms with van der Waals surface area (Å²) < 4.78 is 23.1. The molecule has 1 unspecified atom stereocenters. The van der Waals surface area contributed by atoms with Crippen molar-refractivity contribution in [1.29, 1.82) is 0 Å². The fourth-order valence-electron chi connectivity index (χ4n) is 0.459. The van der Waals surface area contributed by atoms with Crippen molar-refractivity contribution in [3.8, 4) is 0 Å². The molecule has 0 amide bonds. The lowest BCUT2D eigenvalue weighted by Crippen LogP contribution is -2.33. The maximum Gasteiger partial charge on any atom is 0.232 e. The van der Waals surface area contributed by atoms with Crippen LogP contribution in [0.25, 0.3) is 0 Å². The Bertz CT molecular complexity index is 60.0. The van der Waals surface area contributed by atoms with E-state index >= 15 is 0 Å². The predicted molar refractivity (Wildman–Crippen MR) is 32.4 cm³/mol. The Labute approximate surface area is 49.6 Å². The first-order chi connectivity index (χ1) is 3.68. The van der Waals surface area contributed by atoms with Crippen LogP contribution in [0.1, 0.15) is 13.3 Å². The lowest BCUT2D eigenvalue weighted by Gasteiger charge is -2.03. The summed E-state index contributed by atoms with van der Waals surface area (Å²) in [6.45, 7) is 1.87. The van der Waals surface area contributed by atoms with E-state index in [0.29, 0.717) is 6.04 Å². The Morgan fingerprint density at radius 2 is 2.12 bits per heavy atom. The Morgan fingerprint density at radius 3 is 2.25 bits per heavy atom. The van der Waals surface area contributed by atoms with Gasteiger partial charge in [0.05, 0.1) is 0 Å². The van der Waals surface area contributed by atoms with Crippen molar-refractivity contribution in [3.63, 3.8) is 0 Å². The summed E-state index contributed by atoms with van der Waals surface area (Å²) in [5, 5.41) is 5.12. The monoisotopic (exact) mass is 139 g/mol. The summed E-state index contributed by atoms with van der Waals surface area (Å²) in [6.07, 6.45) is 0.789. The van der Waals surface area contributed by atoms with E-state index in [1.54, 1.807) is 0 Å². The molecule has 0 aliphatic rings. The molecule has 4 heteroatoms. The van der Waals surface area contributed by atoms with Gasteiger partial charge in [0, 0.05) is 0 Å². The largest absolute Gasteiger partial charge is 0.349 e. The zero-order chi connectivity index (χ0) is 6.57. The standard InChI is InChI=1S/C4H11F2NSi/c1-2-3-8(7)4(5)6/h4,8H,2-3,7H2,1H3. The van der Waals surface area contributed by atoms with E-state index in [9.17, 15) is 8.78 Å². The minimum atomic E-state index is -2.21. The van der Waals surface area contributed by atoms with Gasteiger partial charge in [-0.05, 0) is 6.04 Å². The average Bonchev–Trinajstić information content (AvgIpc) is 1.67. The highest BCUT2D eigenvalue weighted by atomic mass is 28.3. The maximum absolute atomic E-state index is 11.6. The van der Waals surface area contributed by atoms with E-state index in [4.69, 9.17) is 5.40 Å². The summed E-state index contributed by atoms with van der Waals surface area (Å²) in [5.74, 6) is 0. The first-order valence-corrected chi connectivity index (χ1v) is 4.87. The summed E-state index contributed by atoms with van der Waals surface area (Å²) in [4.78, 5) is 0. The van der Waals surface area contributed by atoms with Gasteiger partial charge in [-0.15, -0.1) is 0 Å². The summed E-state index contributed by atoms with van der Waals surface area (Å²) in [5.41, 5.74) is 0. The number of hydrogen-bond acceptors (Lipinski definition) is 1. The smallest absolute Gasteiger partial charge is 0.232 e. The van der Waals surface area contributed by atoms with Gasteiger partial charge in [0.15, 0.2) is 8.96 Å². The van der Waals surface area contributed by atoms with Gasteiger partial charge in [0.2, 0.25) is 6.05 Å². The van der Waals surface area contributed by atoms with Gasteiger partial charge >= 0.3 is 0 Å². The van der Waals surface area contributed by atoms with Crippen LogP contribution in [0.15, 0.2) is 0 Å². The molecule has 0 rings (SSSR count). The van der Waals surface area contributed by atoms with Crippen LogP contribution in [-0.2, 0) is 0 Å². The highest BCUT2D eigenvalue weighted by molar-refractivity contribution is 6.56. The van der Waals surface area contributed by atoms with Crippen LogP contribution < -0.4 is 5.40 Å². The summed E-state index contributed by atoms with van der Waals surface area (Å²) >= 11 is 0. The van der Waals surface area contributed by atoms with Gasteiger partial charge in [0.25, 0.3) is 0 Å². The molecule has 0 aliphatic carbocycles. The molecule has 1 atom stereocenters. The molecule has 0 aromatic heterocycles. The number of halogens is 2. The van der Waals surface area contributed by atoms with Gasteiger partial charge in [-0.3, -0.25) is 0 Å². The van der Waals surface area contributed by atoms with E-state index in [2.05, 4.69) is 0 Å². The molecule has 0 aliphatic heterocycles. The second-order valence-corrected chi connectivity index (χ2v) is 4.20. The van der Waals surface area contributed by atoms with Gasteiger partial charge in [-0.2, -0.15) is 0 Å². The molecule has 0 bridgehead atoms. The molecule has 1 nitrogen and oxygen atoms in total. The second kappa shape index (κ2) is 3.97. The van der Waals surface area contributed by atoms with Crippen molar-refractivity contribution in [2.45, 2.75) is 25.4 Å². The lowest BCUT2D eigenvalue weighted by atomic mass is 10.6. The third-order valence-electron chi connectivity index (χ3n) is 0.946. The van der Waals surface area contributed by atoms with E-state index in [1.165, 1.54) is 0 Å². The van der Waals surface area contributed by atoms with Crippen LogP contribution in [0.2, 0.25) is 6.04 Å². The molecular formula is C4H11F2NSi. The Morgan fingerprint density at radius 1 is 1.62 bits per heavy atom. The predicted octanol–water partition coefficient (Wildman–Crippen LogP) is 0.883. The average molecular weight is 139 g/mol. The van der Waals surface area contributed by atoms with Crippen LogP contribution in [-0.4, -0.2) is 15.0 Å². The topological polar surface area (TPSA) is 26.0 Å². The molecule has 2 N–H and O–H groups in total.